The molecule has 0 amide bonds. The SMILES string of the molecule is COC(=O)c1ncn2c(N3CCOC[C@H]3C)cc(Cl)nc12. The Kier molecular flexibility index (Phi) is 3.69. The Labute approximate surface area is 126 Å². The molecule has 0 bridgehead atoms. The maximum atomic E-state index is 11.7. The van der Waals surface area contributed by atoms with Crippen LogP contribution in [0.4, 0.5) is 5.82 Å². The number of ether oxygens (including phenoxy) is 2. The first-order valence-electron chi connectivity index (χ1n) is 6.58. The molecule has 3 rings (SSSR count). The predicted molar refractivity (Wildman–Crippen MR) is 77.0 cm³/mol. The minimum atomic E-state index is -0.534. The monoisotopic (exact) mass is 310 g/mol. The van der Waals surface area contributed by atoms with Crippen molar-refractivity contribution in [1.82, 2.24) is 14.4 Å². The summed E-state index contributed by atoms with van der Waals surface area (Å²) >= 11 is 6.11. The smallest absolute Gasteiger partial charge is 0.360 e. The van der Waals surface area contributed by atoms with Crippen molar-refractivity contribution in [2.24, 2.45) is 0 Å². The molecule has 1 aliphatic rings. The Hall–Kier alpha value is -1.86. The van der Waals surface area contributed by atoms with Gasteiger partial charge in [-0.2, -0.15) is 0 Å². The van der Waals surface area contributed by atoms with Crippen molar-refractivity contribution < 1.29 is 14.3 Å². The lowest BCUT2D eigenvalue weighted by Crippen LogP contribution is -2.44. The first-order chi connectivity index (χ1) is 10.1. The average Bonchev–Trinajstić information content (AvgIpc) is 2.90. The molecule has 1 atom stereocenters. The number of hydrogen-bond donors (Lipinski definition) is 0. The van der Waals surface area contributed by atoms with Crippen LogP contribution in [0.15, 0.2) is 12.4 Å². The van der Waals surface area contributed by atoms with Crippen LogP contribution in [0.25, 0.3) is 5.65 Å². The molecule has 3 heterocycles. The van der Waals surface area contributed by atoms with Crippen LogP contribution in [-0.2, 0) is 9.47 Å². The number of imidazole rings is 1. The third-order valence-corrected chi connectivity index (χ3v) is 3.68. The van der Waals surface area contributed by atoms with E-state index in [4.69, 9.17) is 21.1 Å². The fourth-order valence-electron chi connectivity index (χ4n) is 2.46. The highest BCUT2D eigenvalue weighted by molar-refractivity contribution is 6.29. The average molecular weight is 311 g/mol. The van der Waals surface area contributed by atoms with Crippen molar-refractivity contribution in [2.45, 2.75) is 13.0 Å². The van der Waals surface area contributed by atoms with Crippen LogP contribution >= 0.6 is 11.6 Å². The highest BCUT2D eigenvalue weighted by atomic mass is 35.5. The Morgan fingerprint density at radius 1 is 1.57 bits per heavy atom. The Bertz CT molecular complexity index is 687. The zero-order chi connectivity index (χ0) is 15.0. The van der Waals surface area contributed by atoms with Gasteiger partial charge < -0.3 is 14.4 Å². The summed E-state index contributed by atoms with van der Waals surface area (Å²) < 4.78 is 11.9. The lowest BCUT2D eigenvalue weighted by atomic mass is 10.2. The van der Waals surface area contributed by atoms with E-state index in [0.717, 1.165) is 12.4 Å². The summed E-state index contributed by atoms with van der Waals surface area (Å²) in [7, 11) is 1.31. The van der Waals surface area contributed by atoms with E-state index in [-0.39, 0.29) is 11.7 Å². The minimum absolute atomic E-state index is 0.155. The third kappa shape index (κ3) is 2.43. The number of aromatic nitrogens is 3. The second kappa shape index (κ2) is 5.50. The lowest BCUT2D eigenvalue weighted by molar-refractivity contribution is 0.0596. The Balaban J connectivity index is 2.14. The molecule has 8 heteroatoms. The predicted octanol–water partition coefficient (Wildman–Crippen LogP) is 1.39. The van der Waals surface area contributed by atoms with Crippen LogP contribution in [0.3, 0.4) is 0 Å². The fraction of sp³-hybridized carbons (Fsp3) is 0.462. The van der Waals surface area contributed by atoms with E-state index in [1.807, 2.05) is 0 Å². The molecule has 1 aliphatic heterocycles. The van der Waals surface area contributed by atoms with Crippen LogP contribution in [0.5, 0.6) is 0 Å². The quantitative estimate of drug-likeness (QED) is 0.617. The Morgan fingerprint density at radius 2 is 2.38 bits per heavy atom. The molecule has 0 aromatic carbocycles. The van der Waals surface area contributed by atoms with Gasteiger partial charge in [-0.1, -0.05) is 11.6 Å². The van der Waals surface area contributed by atoms with Gasteiger partial charge in [0.1, 0.15) is 17.3 Å². The van der Waals surface area contributed by atoms with Crippen LogP contribution in [0.1, 0.15) is 17.4 Å². The number of carbonyl (C=O) groups excluding carboxylic acids is 1. The third-order valence-electron chi connectivity index (χ3n) is 3.49. The summed E-state index contributed by atoms with van der Waals surface area (Å²) in [6.07, 6.45) is 1.56. The maximum absolute atomic E-state index is 11.7. The van der Waals surface area contributed by atoms with Crippen LogP contribution in [0, 0.1) is 0 Å². The van der Waals surface area contributed by atoms with Crippen molar-refractivity contribution in [3.05, 3.63) is 23.2 Å². The minimum Gasteiger partial charge on any atom is -0.464 e. The largest absolute Gasteiger partial charge is 0.464 e. The molecule has 0 spiro atoms. The number of anilines is 1. The van der Waals surface area contributed by atoms with E-state index < -0.39 is 5.97 Å². The van der Waals surface area contributed by atoms with Crippen LogP contribution in [-0.4, -0.2) is 53.2 Å². The number of halogens is 1. The second-order valence-corrected chi connectivity index (χ2v) is 5.22. The molecule has 0 N–H and O–H groups in total. The topological polar surface area (TPSA) is 69.0 Å². The van der Waals surface area contributed by atoms with Gasteiger partial charge in [-0.3, -0.25) is 4.40 Å². The summed E-state index contributed by atoms with van der Waals surface area (Å²) in [5, 5.41) is 0.307. The molecule has 0 aliphatic carbocycles. The highest BCUT2D eigenvalue weighted by Crippen LogP contribution is 2.25. The zero-order valence-electron chi connectivity index (χ0n) is 11.7. The normalized spacial score (nSPS) is 19.0. The first kappa shape index (κ1) is 14.1. The number of fused-ring (bicyclic) bond motifs is 1. The van der Waals surface area contributed by atoms with Gasteiger partial charge >= 0.3 is 5.97 Å². The van der Waals surface area contributed by atoms with Crippen molar-refractivity contribution in [3.8, 4) is 0 Å². The maximum Gasteiger partial charge on any atom is 0.360 e. The fourth-order valence-corrected chi connectivity index (χ4v) is 2.63. The first-order valence-corrected chi connectivity index (χ1v) is 6.96. The van der Waals surface area contributed by atoms with E-state index in [2.05, 4.69) is 21.8 Å². The van der Waals surface area contributed by atoms with Crippen molar-refractivity contribution in [1.29, 1.82) is 0 Å². The summed E-state index contributed by atoms with van der Waals surface area (Å²) in [5.74, 6) is 0.302. The van der Waals surface area contributed by atoms with Gasteiger partial charge in [-0.05, 0) is 6.92 Å². The molecule has 2 aromatic rings. The number of rotatable bonds is 2. The van der Waals surface area contributed by atoms with Gasteiger partial charge in [-0.25, -0.2) is 14.8 Å². The number of methoxy groups -OCH3 is 1. The van der Waals surface area contributed by atoms with Gasteiger partial charge in [0.15, 0.2) is 11.3 Å². The summed E-state index contributed by atoms with van der Waals surface area (Å²) in [6, 6.07) is 1.96. The van der Waals surface area contributed by atoms with Gasteiger partial charge in [0.05, 0.1) is 26.4 Å². The molecule has 21 heavy (non-hydrogen) atoms. The van der Waals surface area contributed by atoms with E-state index in [0.29, 0.717) is 24.0 Å². The summed E-state index contributed by atoms with van der Waals surface area (Å²) in [4.78, 5) is 22.2. The Morgan fingerprint density at radius 3 is 3.10 bits per heavy atom. The summed E-state index contributed by atoms with van der Waals surface area (Å²) in [6.45, 7) is 4.09. The molecule has 0 saturated carbocycles. The van der Waals surface area contributed by atoms with E-state index in [1.54, 1.807) is 16.8 Å². The molecule has 2 aromatic heterocycles. The van der Waals surface area contributed by atoms with E-state index >= 15 is 0 Å². The molecule has 112 valence electrons. The highest BCUT2D eigenvalue weighted by Gasteiger charge is 2.24. The number of esters is 1. The molecule has 1 saturated heterocycles. The number of carbonyl (C=O) groups is 1. The molecule has 7 nitrogen and oxygen atoms in total. The zero-order valence-corrected chi connectivity index (χ0v) is 12.5. The second-order valence-electron chi connectivity index (χ2n) is 4.83. The molecule has 0 unspecified atom stereocenters. The number of hydrogen-bond acceptors (Lipinski definition) is 6. The van der Waals surface area contributed by atoms with Crippen LogP contribution in [0.2, 0.25) is 5.15 Å². The number of nitrogens with zero attached hydrogens (tertiary/aromatic N) is 4. The molecular formula is C13H15ClN4O3. The van der Waals surface area contributed by atoms with Crippen molar-refractivity contribution in [2.75, 3.05) is 31.8 Å². The standard InChI is InChI=1S/C13H15ClN4O3/c1-8-6-21-4-3-17(8)10-5-9(14)16-12-11(13(19)20-2)15-7-18(10)12/h5,7-8H,3-4,6H2,1-2H3/t8-/m1/s1. The van der Waals surface area contributed by atoms with E-state index in [9.17, 15) is 4.79 Å². The van der Waals surface area contributed by atoms with Crippen molar-refractivity contribution in [3.63, 3.8) is 0 Å². The lowest BCUT2D eigenvalue weighted by Gasteiger charge is -2.35. The van der Waals surface area contributed by atoms with Gasteiger partial charge in [0, 0.05) is 12.6 Å². The summed E-state index contributed by atoms with van der Waals surface area (Å²) in [5.41, 5.74) is 0.546. The van der Waals surface area contributed by atoms with Crippen LogP contribution < -0.4 is 4.90 Å². The molecule has 1 fully saturated rings. The van der Waals surface area contributed by atoms with Gasteiger partial charge in [0.25, 0.3) is 0 Å². The van der Waals surface area contributed by atoms with Crippen molar-refractivity contribution >= 4 is 29.0 Å². The molecule has 0 radical (unpaired) electrons. The van der Waals surface area contributed by atoms with Gasteiger partial charge in [0.2, 0.25) is 0 Å². The van der Waals surface area contributed by atoms with E-state index in [1.165, 1.54) is 7.11 Å². The molecular weight excluding hydrogens is 296 g/mol. The van der Waals surface area contributed by atoms with Gasteiger partial charge in [-0.15, -0.1) is 0 Å². The number of morpholine rings is 1.